The normalized spacial score (nSPS) is 15.2. The number of aromatic nitrogens is 1. The molecule has 0 radical (unpaired) electrons. The minimum Gasteiger partial charge on any atom is -0.369 e. The van der Waals surface area contributed by atoms with Crippen LogP contribution >= 0.6 is 34.5 Å². The van der Waals surface area contributed by atoms with Gasteiger partial charge in [-0.25, -0.2) is 8.42 Å². The van der Waals surface area contributed by atoms with Gasteiger partial charge in [0.15, 0.2) is 0 Å². The van der Waals surface area contributed by atoms with Gasteiger partial charge in [-0.15, -0.1) is 11.3 Å². The van der Waals surface area contributed by atoms with Gasteiger partial charge in [-0.2, -0.15) is 4.31 Å². The van der Waals surface area contributed by atoms with Crippen molar-refractivity contribution in [2.75, 3.05) is 39.3 Å². The van der Waals surface area contributed by atoms with E-state index in [1.165, 1.54) is 11.3 Å². The molecule has 3 heterocycles. The van der Waals surface area contributed by atoms with Crippen molar-refractivity contribution in [2.45, 2.75) is 16.7 Å². The number of halogens is 2. The molecule has 0 amide bonds. The molecule has 204 valence electrons. The van der Waals surface area contributed by atoms with Gasteiger partial charge in [-0.1, -0.05) is 53.5 Å². The first-order valence-corrected chi connectivity index (χ1v) is 15.8. The summed E-state index contributed by atoms with van der Waals surface area (Å²) in [6.07, 6.45) is 2.33. The summed E-state index contributed by atoms with van der Waals surface area (Å²) in [6, 6.07) is 24.5. The van der Waals surface area contributed by atoms with E-state index in [1.807, 2.05) is 72.8 Å². The quantitative estimate of drug-likeness (QED) is 0.191. The van der Waals surface area contributed by atoms with E-state index >= 15 is 0 Å². The number of ether oxygens (including phenoxy) is 1. The van der Waals surface area contributed by atoms with Crippen LogP contribution < -0.4 is 0 Å². The van der Waals surface area contributed by atoms with Crippen LogP contribution in [-0.2, 0) is 14.8 Å². The Bertz CT molecular complexity index is 1410. The van der Waals surface area contributed by atoms with Crippen LogP contribution in [0.25, 0.3) is 10.6 Å². The van der Waals surface area contributed by atoms with Crippen molar-refractivity contribution in [3.05, 3.63) is 106 Å². The lowest BCUT2D eigenvalue weighted by atomic mass is 10.0. The number of hydrogen-bond acceptors (Lipinski definition) is 6. The second-order valence-corrected chi connectivity index (χ2v) is 13.4. The minimum absolute atomic E-state index is 0.219. The van der Waals surface area contributed by atoms with Gasteiger partial charge in [0.1, 0.15) is 10.3 Å². The molecule has 0 unspecified atom stereocenters. The topological polar surface area (TPSA) is 62.7 Å². The first-order chi connectivity index (χ1) is 18.9. The average molecular weight is 603 g/mol. The van der Waals surface area contributed by atoms with E-state index in [9.17, 15) is 8.42 Å². The first kappa shape index (κ1) is 28.2. The number of piperazine rings is 1. The average Bonchev–Trinajstić information content (AvgIpc) is 3.47. The molecule has 1 aliphatic heterocycles. The highest BCUT2D eigenvalue weighted by Gasteiger charge is 2.30. The molecule has 0 aliphatic carbocycles. The van der Waals surface area contributed by atoms with Crippen molar-refractivity contribution in [1.29, 1.82) is 0 Å². The minimum atomic E-state index is -3.52. The highest BCUT2D eigenvalue weighted by molar-refractivity contribution is 7.91. The molecule has 39 heavy (non-hydrogen) atoms. The van der Waals surface area contributed by atoms with E-state index in [1.54, 1.807) is 16.6 Å². The maximum Gasteiger partial charge on any atom is 0.252 e. The number of nitrogens with zero attached hydrogens (tertiary/aromatic N) is 3. The van der Waals surface area contributed by atoms with Crippen molar-refractivity contribution < 1.29 is 13.2 Å². The second kappa shape index (κ2) is 12.9. The Morgan fingerprint density at radius 2 is 1.49 bits per heavy atom. The summed E-state index contributed by atoms with van der Waals surface area (Å²) in [6.45, 7) is 3.73. The van der Waals surface area contributed by atoms with Gasteiger partial charge in [-0.3, -0.25) is 4.98 Å². The molecule has 2 aromatic carbocycles. The molecule has 1 aliphatic rings. The van der Waals surface area contributed by atoms with Crippen LogP contribution in [0.4, 0.5) is 0 Å². The lowest BCUT2D eigenvalue weighted by molar-refractivity contribution is 0.0686. The van der Waals surface area contributed by atoms with Crippen LogP contribution in [0.5, 0.6) is 0 Å². The largest absolute Gasteiger partial charge is 0.369 e. The van der Waals surface area contributed by atoms with Crippen molar-refractivity contribution in [3.63, 3.8) is 0 Å². The highest BCUT2D eigenvalue weighted by atomic mass is 35.5. The number of benzene rings is 2. The van der Waals surface area contributed by atoms with Crippen molar-refractivity contribution in [1.82, 2.24) is 14.2 Å². The van der Waals surface area contributed by atoms with E-state index in [0.29, 0.717) is 47.0 Å². The smallest absolute Gasteiger partial charge is 0.252 e. The van der Waals surface area contributed by atoms with Crippen LogP contribution in [0.2, 0.25) is 10.0 Å². The lowest BCUT2D eigenvalue weighted by Gasteiger charge is -2.33. The van der Waals surface area contributed by atoms with Crippen molar-refractivity contribution in [3.8, 4) is 10.6 Å². The molecule has 6 nitrogen and oxygen atoms in total. The van der Waals surface area contributed by atoms with E-state index in [4.69, 9.17) is 27.9 Å². The molecule has 0 saturated carbocycles. The predicted octanol–water partition coefficient (Wildman–Crippen LogP) is 6.62. The first-order valence-electron chi connectivity index (χ1n) is 12.8. The van der Waals surface area contributed by atoms with Gasteiger partial charge in [0.25, 0.3) is 10.0 Å². The Hall–Kier alpha value is -2.30. The lowest BCUT2D eigenvalue weighted by Crippen LogP contribution is -2.48. The van der Waals surface area contributed by atoms with Crippen LogP contribution in [0.15, 0.2) is 89.3 Å². The molecule has 10 heteroatoms. The number of rotatable bonds is 10. The number of thiophene rings is 1. The Balaban J connectivity index is 1.13. The fourth-order valence-corrected chi connectivity index (χ4v) is 7.69. The van der Waals surface area contributed by atoms with Crippen molar-refractivity contribution >= 4 is 44.6 Å². The number of hydrogen-bond donors (Lipinski definition) is 0. The van der Waals surface area contributed by atoms with E-state index < -0.39 is 10.0 Å². The van der Waals surface area contributed by atoms with Gasteiger partial charge in [-0.05, 0) is 66.1 Å². The van der Waals surface area contributed by atoms with Gasteiger partial charge >= 0.3 is 0 Å². The number of pyridine rings is 1. The van der Waals surface area contributed by atoms with Gasteiger partial charge in [0.05, 0.1) is 10.6 Å². The fraction of sp³-hybridized carbons (Fsp3) is 0.276. The van der Waals surface area contributed by atoms with E-state index in [2.05, 4.69) is 9.88 Å². The highest BCUT2D eigenvalue weighted by Crippen LogP contribution is 2.32. The summed E-state index contributed by atoms with van der Waals surface area (Å²) in [7, 11) is -3.52. The maximum absolute atomic E-state index is 13.2. The monoisotopic (exact) mass is 601 g/mol. The Kier molecular flexibility index (Phi) is 9.35. The summed E-state index contributed by atoms with van der Waals surface area (Å²) < 4.78 is 34.8. The van der Waals surface area contributed by atoms with Gasteiger partial charge in [0.2, 0.25) is 0 Å². The molecule has 4 aromatic rings. The molecule has 0 spiro atoms. The molecule has 1 fully saturated rings. The maximum atomic E-state index is 13.2. The van der Waals surface area contributed by atoms with Crippen molar-refractivity contribution in [2.24, 2.45) is 0 Å². The van der Waals surface area contributed by atoms with Crippen LogP contribution in [0.1, 0.15) is 23.7 Å². The summed E-state index contributed by atoms with van der Waals surface area (Å²) >= 11 is 13.4. The third-order valence-electron chi connectivity index (χ3n) is 6.67. The molecule has 5 rings (SSSR count). The Labute approximate surface area is 243 Å². The zero-order chi connectivity index (χ0) is 27.2. The molecule has 2 aromatic heterocycles. The molecular weight excluding hydrogens is 573 g/mol. The summed E-state index contributed by atoms with van der Waals surface area (Å²) in [5.74, 6) is 0. The number of sulfonamides is 1. The third-order valence-corrected chi connectivity index (χ3v) is 10.7. The summed E-state index contributed by atoms with van der Waals surface area (Å²) in [5, 5.41) is 1.37. The SMILES string of the molecule is O=S(=O)(c1ccc(-c2ccccn2)s1)N1CCN(CCCOC(c2ccc(Cl)cc2)c2ccc(Cl)cc2)CC1. The van der Waals surface area contributed by atoms with Crippen LogP contribution in [-0.4, -0.2) is 61.9 Å². The Morgan fingerprint density at radius 3 is 2.08 bits per heavy atom. The van der Waals surface area contributed by atoms with E-state index in [-0.39, 0.29) is 6.10 Å². The zero-order valence-electron chi connectivity index (χ0n) is 21.2. The van der Waals surface area contributed by atoms with Gasteiger partial charge < -0.3 is 9.64 Å². The van der Waals surface area contributed by atoms with Crippen LogP contribution in [0, 0.1) is 0 Å². The molecule has 0 bridgehead atoms. The zero-order valence-corrected chi connectivity index (χ0v) is 24.4. The third kappa shape index (κ3) is 7.08. The summed E-state index contributed by atoms with van der Waals surface area (Å²) in [4.78, 5) is 7.47. The standard InChI is InChI=1S/C29H29Cl2N3O3S2/c30-24-9-5-22(6-10-24)29(23-7-11-25(31)12-8-23)37-21-3-16-33-17-19-34(20-18-33)39(35,36)28-14-13-27(38-28)26-4-1-2-15-32-26/h1-2,4-15,29H,3,16-21H2. The second-order valence-electron chi connectivity index (χ2n) is 9.29. The molecule has 0 atom stereocenters. The molecular formula is C29H29Cl2N3O3S2. The Morgan fingerprint density at radius 1 is 0.846 bits per heavy atom. The molecule has 0 N–H and O–H groups in total. The molecule has 1 saturated heterocycles. The fourth-order valence-electron chi connectivity index (χ4n) is 4.58. The summed E-state index contributed by atoms with van der Waals surface area (Å²) in [5.41, 5.74) is 2.84. The van der Waals surface area contributed by atoms with E-state index in [0.717, 1.165) is 34.7 Å². The van der Waals surface area contributed by atoms with Gasteiger partial charge in [0, 0.05) is 55.6 Å². The predicted molar refractivity (Wildman–Crippen MR) is 158 cm³/mol. The van der Waals surface area contributed by atoms with Crippen LogP contribution in [0.3, 0.4) is 0 Å².